The normalized spacial score (nSPS) is 13.9. The summed E-state index contributed by atoms with van der Waals surface area (Å²) in [7, 11) is 1.62. The fourth-order valence-corrected chi connectivity index (χ4v) is 4.81. The van der Waals surface area contributed by atoms with Gasteiger partial charge in [0.1, 0.15) is 22.3 Å². The predicted octanol–water partition coefficient (Wildman–Crippen LogP) is 3.70. The molecule has 0 atom stereocenters. The molecule has 150 valence electrons. The third kappa shape index (κ3) is 4.71. The monoisotopic (exact) mass is 426 g/mol. The summed E-state index contributed by atoms with van der Waals surface area (Å²) < 4.78 is 5.32. The van der Waals surface area contributed by atoms with E-state index in [0.29, 0.717) is 12.2 Å². The minimum absolute atomic E-state index is 0.200. The summed E-state index contributed by atoms with van der Waals surface area (Å²) in [5.41, 5.74) is 2.26. The van der Waals surface area contributed by atoms with Crippen LogP contribution in [0.15, 0.2) is 48.0 Å². The van der Waals surface area contributed by atoms with Crippen molar-refractivity contribution >= 4 is 34.8 Å². The molecule has 1 fully saturated rings. The Morgan fingerprint density at radius 3 is 2.79 bits per heavy atom. The number of thioether (sulfide) groups is 1. The van der Waals surface area contributed by atoms with Gasteiger partial charge in [0, 0.05) is 53.8 Å². The molecule has 1 aliphatic rings. The van der Waals surface area contributed by atoms with Crippen LogP contribution in [0.1, 0.15) is 16.1 Å². The van der Waals surface area contributed by atoms with Gasteiger partial charge in [0.2, 0.25) is 0 Å². The van der Waals surface area contributed by atoms with E-state index in [2.05, 4.69) is 20.2 Å². The van der Waals surface area contributed by atoms with Crippen molar-refractivity contribution in [3.05, 3.63) is 59.2 Å². The Morgan fingerprint density at radius 1 is 1.21 bits per heavy atom. The van der Waals surface area contributed by atoms with Crippen LogP contribution in [0, 0.1) is 0 Å². The van der Waals surface area contributed by atoms with Crippen LogP contribution in [0.2, 0.25) is 0 Å². The number of para-hydroxylation sites is 1. The summed E-state index contributed by atoms with van der Waals surface area (Å²) in [5, 5.41) is 5.48. The van der Waals surface area contributed by atoms with Gasteiger partial charge in [-0.3, -0.25) is 4.79 Å². The highest BCUT2D eigenvalue weighted by Gasteiger charge is 2.15. The second-order valence-electron chi connectivity index (χ2n) is 6.54. The molecule has 0 aliphatic carbocycles. The van der Waals surface area contributed by atoms with Crippen LogP contribution in [0.25, 0.3) is 10.6 Å². The van der Waals surface area contributed by atoms with Gasteiger partial charge >= 0.3 is 0 Å². The summed E-state index contributed by atoms with van der Waals surface area (Å²) in [6, 6.07) is 11.7. The zero-order chi connectivity index (χ0) is 20.1. The van der Waals surface area contributed by atoms with Crippen molar-refractivity contribution < 1.29 is 9.53 Å². The first-order valence-electron chi connectivity index (χ1n) is 9.39. The highest BCUT2D eigenvalue weighted by atomic mass is 32.2. The summed E-state index contributed by atoms with van der Waals surface area (Å²) in [6.07, 6.45) is 1.84. The first-order chi connectivity index (χ1) is 14.2. The van der Waals surface area contributed by atoms with Crippen molar-refractivity contribution in [2.75, 3.05) is 36.6 Å². The minimum Gasteiger partial charge on any atom is -0.496 e. The molecule has 1 N–H and O–H groups in total. The molecule has 3 aromatic rings. The van der Waals surface area contributed by atoms with E-state index in [0.717, 1.165) is 52.3 Å². The Balaban J connectivity index is 1.40. The Morgan fingerprint density at radius 2 is 2.03 bits per heavy atom. The van der Waals surface area contributed by atoms with Gasteiger partial charge in [0.05, 0.1) is 7.11 Å². The molecule has 1 aromatic carbocycles. The highest BCUT2D eigenvalue weighted by Crippen LogP contribution is 2.26. The van der Waals surface area contributed by atoms with Gasteiger partial charge in [-0.15, -0.1) is 11.3 Å². The number of thiazole rings is 1. The van der Waals surface area contributed by atoms with Gasteiger partial charge in [-0.05, 0) is 18.2 Å². The van der Waals surface area contributed by atoms with Crippen molar-refractivity contribution in [1.82, 2.24) is 15.3 Å². The molecular formula is C21H22N4O2S2. The van der Waals surface area contributed by atoms with Crippen molar-refractivity contribution in [1.29, 1.82) is 0 Å². The summed E-state index contributed by atoms with van der Waals surface area (Å²) in [4.78, 5) is 23.9. The molecule has 1 amide bonds. The summed E-state index contributed by atoms with van der Waals surface area (Å²) in [6.45, 7) is 2.45. The molecule has 0 spiro atoms. The fourth-order valence-electron chi connectivity index (χ4n) is 3.12. The Labute approximate surface area is 178 Å². The van der Waals surface area contributed by atoms with Crippen LogP contribution >= 0.6 is 23.1 Å². The largest absolute Gasteiger partial charge is 0.496 e. The number of carbonyl (C=O) groups excluding carboxylic acids is 1. The first-order valence-corrected chi connectivity index (χ1v) is 11.4. The lowest BCUT2D eigenvalue weighted by atomic mass is 10.2. The number of anilines is 1. The molecule has 4 rings (SSSR count). The van der Waals surface area contributed by atoms with E-state index in [1.54, 1.807) is 12.5 Å². The molecule has 2 aromatic heterocycles. The predicted molar refractivity (Wildman–Crippen MR) is 119 cm³/mol. The zero-order valence-corrected chi connectivity index (χ0v) is 17.8. The number of pyridine rings is 1. The van der Waals surface area contributed by atoms with Crippen molar-refractivity contribution in [3.63, 3.8) is 0 Å². The van der Waals surface area contributed by atoms with Crippen LogP contribution < -0.4 is 15.0 Å². The molecule has 0 bridgehead atoms. The van der Waals surface area contributed by atoms with Crippen LogP contribution in [0.5, 0.6) is 5.75 Å². The lowest BCUT2D eigenvalue weighted by Crippen LogP contribution is -2.32. The number of rotatable bonds is 6. The Kier molecular flexibility index (Phi) is 6.31. The molecular weight excluding hydrogens is 404 g/mol. The number of carbonyl (C=O) groups is 1. The molecule has 29 heavy (non-hydrogen) atoms. The highest BCUT2D eigenvalue weighted by molar-refractivity contribution is 7.99. The van der Waals surface area contributed by atoms with Crippen molar-refractivity contribution in [3.8, 4) is 16.3 Å². The van der Waals surface area contributed by atoms with Crippen molar-refractivity contribution in [2.24, 2.45) is 0 Å². The van der Waals surface area contributed by atoms with Crippen LogP contribution in [0.4, 0.5) is 5.82 Å². The Hall–Kier alpha value is -2.58. The fraction of sp³-hybridized carbons (Fsp3) is 0.286. The second-order valence-corrected chi connectivity index (χ2v) is 8.62. The van der Waals surface area contributed by atoms with Gasteiger partial charge in [-0.2, -0.15) is 11.8 Å². The van der Waals surface area contributed by atoms with Gasteiger partial charge in [-0.1, -0.05) is 18.2 Å². The lowest BCUT2D eigenvalue weighted by molar-refractivity contribution is 0.0946. The van der Waals surface area contributed by atoms with E-state index in [9.17, 15) is 4.79 Å². The zero-order valence-electron chi connectivity index (χ0n) is 16.1. The average Bonchev–Trinajstić information content (AvgIpc) is 3.29. The van der Waals surface area contributed by atoms with Gasteiger partial charge < -0.3 is 15.0 Å². The molecule has 1 aliphatic heterocycles. The summed E-state index contributed by atoms with van der Waals surface area (Å²) >= 11 is 3.43. The standard InChI is InChI=1S/C21H22N4O2S2/c1-27-18-5-3-2-4-15(18)12-23-20(26)17-14-29-21(24-17)16-6-7-19(22-13-16)25-8-10-28-11-9-25/h2-7,13-14H,8-12H2,1H3,(H,23,26). The molecule has 8 heteroatoms. The third-order valence-electron chi connectivity index (χ3n) is 4.70. The molecule has 0 saturated carbocycles. The van der Waals surface area contributed by atoms with E-state index >= 15 is 0 Å². The number of benzene rings is 1. The number of methoxy groups -OCH3 is 1. The van der Waals surface area contributed by atoms with Crippen LogP contribution in [-0.4, -0.2) is 47.6 Å². The smallest absolute Gasteiger partial charge is 0.271 e. The van der Waals surface area contributed by atoms with E-state index in [-0.39, 0.29) is 5.91 Å². The number of hydrogen-bond donors (Lipinski definition) is 1. The van der Waals surface area contributed by atoms with Crippen LogP contribution in [-0.2, 0) is 6.54 Å². The number of ether oxygens (including phenoxy) is 1. The lowest BCUT2D eigenvalue weighted by Gasteiger charge is -2.27. The van der Waals surface area contributed by atoms with E-state index < -0.39 is 0 Å². The maximum absolute atomic E-state index is 12.5. The van der Waals surface area contributed by atoms with Crippen LogP contribution in [0.3, 0.4) is 0 Å². The maximum Gasteiger partial charge on any atom is 0.271 e. The molecule has 0 radical (unpaired) electrons. The minimum atomic E-state index is -0.200. The van der Waals surface area contributed by atoms with E-state index in [1.165, 1.54) is 11.3 Å². The van der Waals surface area contributed by atoms with Gasteiger partial charge in [-0.25, -0.2) is 9.97 Å². The topological polar surface area (TPSA) is 67.3 Å². The summed E-state index contributed by atoms with van der Waals surface area (Å²) in [5.74, 6) is 3.84. The van der Waals surface area contributed by atoms with Gasteiger partial charge in [0.15, 0.2) is 0 Å². The molecule has 1 saturated heterocycles. The van der Waals surface area contributed by atoms with E-state index in [1.807, 2.05) is 54.4 Å². The van der Waals surface area contributed by atoms with E-state index in [4.69, 9.17) is 4.74 Å². The number of hydrogen-bond acceptors (Lipinski definition) is 7. The van der Waals surface area contributed by atoms with Gasteiger partial charge in [0.25, 0.3) is 5.91 Å². The SMILES string of the molecule is COc1ccccc1CNC(=O)c1csc(-c2ccc(N3CCSCC3)nc2)n1. The third-order valence-corrected chi connectivity index (χ3v) is 6.53. The number of nitrogens with zero attached hydrogens (tertiary/aromatic N) is 3. The number of nitrogens with one attached hydrogen (secondary N) is 1. The quantitative estimate of drug-likeness (QED) is 0.648. The first kappa shape index (κ1) is 19.7. The molecule has 0 unspecified atom stereocenters. The number of aromatic nitrogens is 2. The maximum atomic E-state index is 12.5. The molecule has 3 heterocycles. The number of amides is 1. The van der Waals surface area contributed by atoms with Crippen molar-refractivity contribution in [2.45, 2.75) is 6.54 Å². The second kappa shape index (κ2) is 9.28. The Bertz CT molecular complexity index is 969. The molecule has 6 nitrogen and oxygen atoms in total. The average molecular weight is 427 g/mol.